The number of halogens is 3. The molecule has 0 radical (unpaired) electrons. The van der Waals surface area contributed by atoms with E-state index in [4.69, 9.17) is 9.84 Å². The van der Waals surface area contributed by atoms with Gasteiger partial charge in [0.15, 0.2) is 11.6 Å². The molecule has 0 saturated heterocycles. The lowest BCUT2D eigenvalue weighted by molar-refractivity contribution is 0.268. The van der Waals surface area contributed by atoms with E-state index in [1.807, 2.05) is 0 Å². The van der Waals surface area contributed by atoms with Crippen LogP contribution in [0.25, 0.3) is 0 Å². The maximum atomic E-state index is 14.2. The van der Waals surface area contributed by atoms with Crippen molar-refractivity contribution in [1.29, 1.82) is 0 Å². The van der Waals surface area contributed by atoms with E-state index in [-0.39, 0.29) is 36.1 Å². The molecule has 0 spiro atoms. The van der Waals surface area contributed by atoms with Gasteiger partial charge in [-0.3, -0.25) is 4.57 Å². The molecular weight excluding hydrogens is 417 g/mol. The van der Waals surface area contributed by atoms with Crippen molar-refractivity contribution in [2.24, 2.45) is 0 Å². The fourth-order valence-corrected chi connectivity index (χ4v) is 2.86. The highest BCUT2D eigenvalue weighted by atomic mass is 19.1. The minimum atomic E-state index is -0.955. The molecular formula is C20H19F3N4O4. The first-order valence-electron chi connectivity index (χ1n) is 9.30. The monoisotopic (exact) mass is 436 g/mol. The molecule has 3 aromatic rings. The molecule has 0 aliphatic rings. The molecule has 3 rings (SSSR count). The SMILES string of the molecule is CCOc1ccc(Nc2nc(=O)n(CCO)c(=O)n2Cc2ccc(F)cc2F)cc1F. The summed E-state index contributed by atoms with van der Waals surface area (Å²) in [6, 6.07) is 6.72. The summed E-state index contributed by atoms with van der Waals surface area (Å²) in [4.78, 5) is 28.8. The van der Waals surface area contributed by atoms with Crippen LogP contribution in [0.3, 0.4) is 0 Å². The Labute approximate surface area is 174 Å². The van der Waals surface area contributed by atoms with Gasteiger partial charge in [-0.1, -0.05) is 6.07 Å². The van der Waals surface area contributed by atoms with E-state index >= 15 is 0 Å². The number of aromatic nitrogens is 3. The summed E-state index contributed by atoms with van der Waals surface area (Å²) >= 11 is 0. The number of anilines is 2. The standard InChI is InChI=1S/C20H19F3N4O4/c1-2-31-17-6-5-14(10-16(17)23)24-18-25-19(29)26(7-8-28)20(30)27(18)11-12-3-4-13(21)9-15(12)22/h3-6,9-10,28H,2,7-8,11H2,1H3,(H,24,25,29). The number of benzene rings is 2. The summed E-state index contributed by atoms with van der Waals surface area (Å²) in [6.07, 6.45) is 0. The molecule has 31 heavy (non-hydrogen) atoms. The highest BCUT2D eigenvalue weighted by Gasteiger charge is 2.16. The Bertz CT molecular complexity index is 1210. The van der Waals surface area contributed by atoms with Crippen molar-refractivity contribution in [1.82, 2.24) is 14.1 Å². The van der Waals surface area contributed by atoms with Crippen molar-refractivity contribution < 1.29 is 23.0 Å². The quantitative estimate of drug-likeness (QED) is 0.561. The Morgan fingerprint density at radius 3 is 2.48 bits per heavy atom. The van der Waals surface area contributed by atoms with Crippen LogP contribution < -0.4 is 21.4 Å². The predicted octanol–water partition coefficient (Wildman–Crippen LogP) is 2.01. The number of hydrogen-bond acceptors (Lipinski definition) is 6. The fraction of sp³-hybridized carbons (Fsp3) is 0.250. The Kier molecular flexibility index (Phi) is 6.75. The van der Waals surface area contributed by atoms with Crippen molar-refractivity contribution in [2.45, 2.75) is 20.0 Å². The molecule has 0 bridgehead atoms. The predicted molar refractivity (Wildman–Crippen MR) is 106 cm³/mol. The number of nitrogens with one attached hydrogen (secondary N) is 1. The van der Waals surface area contributed by atoms with Gasteiger partial charge in [0.1, 0.15) is 11.6 Å². The van der Waals surface area contributed by atoms with Gasteiger partial charge in [-0.2, -0.15) is 4.98 Å². The third-order valence-electron chi connectivity index (χ3n) is 4.30. The third kappa shape index (κ3) is 4.94. The smallest absolute Gasteiger partial charge is 0.355 e. The lowest BCUT2D eigenvalue weighted by atomic mass is 10.2. The van der Waals surface area contributed by atoms with Gasteiger partial charge < -0.3 is 15.2 Å². The molecule has 1 aromatic heterocycles. The van der Waals surface area contributed by atoms with E-state index in [0.29, 0.717) is 10.6 Å². The Morgan fingerprint density at radius 2 is 1.84 bits per heavy atom. The zero-order valence-corrected chi connectivity index (χ0v) is 16.4. The molecule has 1 heterocycles. The normalized spacial score (nSPS) is 10.9. The Morgan fingerprint density at radius 1 is 1.06 bits per heavy atom. The van der Waals surface area contributed by atoms with Crippen LogP contribution in [-0.4, -0.2) is 32.4 Å². The van der Waals surface area contributed by atoms with Crippen LogP contribution in [0.1, 0.15) is 12.5 Å². The zero-order valence-electron chi connectivity index (χ0n) is 16.4. The summed E-state index contributed by atoms with van der Waals surface area (Å²) in [5.74, 6) is -2.63. The van der Waals surface area contributed by atoms with Gasteiger partial charge in [0.2, 0.25) is 5.95 Å². The summed E-state index contributed by atoms with van der Waals surface area (Å²) in [7, 11) is 0. The number of nitrogens with zero attached hydrogens (tertiary/aromatic N) is 3. The average molecular weight is 436 g/mol. The molecule has 0 atom stereocenters. The molecule has 0 fully saturated rings. The van der Waals surface area contributed by atoms with Gasteiger partial charge in [-0.25, -0.2) is 27.3 Å². The molecule has 11 heteroatoms. The van der Waals surface area contributed by atoms with Crippen LogP contribution in [0.5, 0.6) is 5.75 Å². The van der Waals surface area contributed by atoms with Crippen LogP contribution in [0, 0.1) is 17.5 Å². The first-order chi connectivity index (χ1) is 14.8. The number of aliphatic hydroxyl groups excluding tert-OH is 1. The summed E-state index contributed by atoms with van der Waals surface area (Å²) in [6.45, 7) is 0.736. The number of aliphatic hydroxyl groups is 1. The molecule has 2 aromatic carbocycles. The summed E-state index contributed by atoms with van der Waals surface area (Å²) < 4.78 is 48.3. The van der Waals surface area contributed by atoms with Crippen LogP contribution in [0.2, 0.25) is 0 Å². The fourth-order valence-electron chi connectivity index (χ4n) is 2.86. The second kappa shape index (κ2) is 9.47. The molecule has 2 N–H and O–H groups in total. The van der Waals surface area contributed by atoms with E-state index in [9.17, 15) is 22.8 Å². The highest BCUT2D eigenvalue weighted by Crippen LogP contribution is 2.23. The summed E-state index contributed by atoms with van der Waals surface area (Å²) in [5, 5.41) is 11.8. The van der Waals surface area contributed by atoms with Crippen molar-refractivity contribution in [2.75, 3.05) is 18.5 Å². The molecule has 8 nitrogen and oxygen atoms in total. The van der Waals surface area contributed by atoms with Crippen molar-refractivity contribution >= 4 is 11.6 Å². The van der Waals surface area contributed by atoms with Gasteiger partial charge in [0, 0.05) is 23.4 Å². The van der Waals surface area contributed by atoms with E-state index in [2.05, 4.69) is 10.3 Å². The van der Waals surface area contributed by atoms with Crippen LogP contribution in [0.15, 0.2) is 46.0 Å². The molecule has 0 aliphatic heterocycles. The van der Waals surface area contributed by atoms with Gasteiger partial charge in [0.05, 0.1) is 26.3 Å². The third-order valence-corrected chi connectivity index (χ3v) is 4.30. The molecule has 0 aliphatic carbocycles. The van der Waals surface area contributed by atoms with Gasteiger partial charge in [-0.05, 0) is 25.1 Å². The minimum Gasteiger partial charge on any atom is -0.491 e. The number of rotatable bonds is 8. The lowest BCUT2D eigenvalue weighted by Crippen LogP contribution is -2.43. The zero-order chi connectivity index (χ0) is 22.5. The van der Waals surface area contributed by atoms with Crippen molar-refractivity contribution in [3.63, 3.8) is 0 Å². The maximum absolute atomic E-state index is 14.2. The molecule has 0 unspecified atom stereocenters. The number of ether oxygens (including phenoxy) is 1. The Balaban J connectivity index is 2.07. The van der Waals surface area contributed by atoms with Crippen LogP contribution in [-0.2, 0) is 13.1 Å². The molecule has 0 saturated carbocycles. The van der Waals surface area contributed by atoms with Gasteiger partial charge in [0.25, 0.3) is 0 Å². The average Bonchev–Trinajstić information content (AvgIpc) is 2.72. The van der Waals surface area contributed by atoms with Crippen LogP contribution >= 0.6 is 0 Å². The maximum Gasteiger partial charge on any atom is 0.355 e. The van der Waals surface area contributed by atoms with Crippen LogP contribution in [0.4, 0.5) is 24.8 Å². The second-order valence-corrected chi connectivity index (χ2v) is 6.40. The topological polar surface area (TPSA) is 98.4 Å². The van der Waals surface area contributed by atoms with Crippen molar-refractivity contribution in [3.05, 3.63) is 80.4 Å². The van der Waals surface area contributed by atoms with Gasteiger partial charge in [-0.15, -0.1) is 0 Å². The van der Waals surface area contributed by atoms with Crippen molar-refractivity contribution in [3.8, 4) is 5.75 Å². The van der Waals surface area contributed by atoms with Gasteiger partial charge >= 0.3 is 11.4 Å². The first-order valence-corrected chi connectivity index (χ1v) is 9.30. The van der Waals surface area contributed by atoms with E-state index in [0.717, 1.165) is 22.8 Å². The first kappa shape index (κ1) is 22.1. The largest absolute Gasteiger partial charge is 0.491 e. The minimum absolute atomic E-state index is 0.0187. The molecule has 164 valence electrons. The molecule has 0 amide bonds. The Hall–Kier alpha value is -3.60. The highest BCUT2D eigenvalue weighted by molar-refractivity contribution is 5.55. The second-order valence-electron chi connectivity index (χ2n) is 6.40. The summed E-state index contributed by atoms with van der Waals surface area (Å²) in [5.41, 5.74) is -1.73. The van der Waals surface area contributed by atoms with E-state index in [1.54, 1.807) is 6.92 Å². The van der Waals surface area contributed by atoms with E-state index in [1.165, 1.54) is 12.1 Å². The van der Waals surface area contributed by atoms with E-state index < -0.39 is 42.0 Å². The lowest BCUT2D eigenvalue weighted by Gasteiger charge is -2.16. The number of hydrogen-bond donors (Lipinski definition) is 2.